The van der Waals surface area contributed by atoms with Crippen LogP contribution in [0.3, 0.4) is 0 Å². The van der Waals surface area contributed by atoms with Crippen LogP contribution in [-0.4, -0.2) is 22.8 Å². The van der Waals surface area contributed by atoms with Crippen LogP contribution in [0.15, 0.2) is 36.4 Å². The molecule has 166 valence electrons. The number of nitrogens with one attached hydrogen (secondary N) is 1. The van der Waals surface area contributed by atoms with E-state index in [1.807, 2.05) is 44.2 Å². The van der Waals surface area contributed by atoms with Gasteiger partial charge in [0.15, 0.2) is 5.82 Å². The Hall–Kier alpha value is -2.30. The Labute approximate surface area is 200 Å². The van der Waals surface area contributed by atoms with Gasteiger partial charge in [-0.1, -0.05) is 23.7 Å². The lowest BCUT2D eigenvalue weighted by atomic mass is 9.96. The van der Waals surface area contributed by atoms with E-state index in [0.717, 1.165) is 28.5 Å². The normalized spacial score (nSPS) is 10.6. The van der Waals surface area contributed by atoms with E-state index in [-0.39, 0.29) is 30.4 Å². The third-order valence-corrected chi connectivity index (χ3v) is 4.96. The number of hydrogen-bond acceptors (Lipinski definition) is 6. The van der Waals surface area contributed by atoms with Crippen LogP contribution in [0.1, 0.15) is 37.1 Å². The third kappa shape index (κ3) is 6.84. The number of anilines is 1. The Balaban J connectivity index is 0.00000240. The van der Waals surface area contributed by atoms with Gasteiger partial charge in [0, 0.05) is 22.9 Å². The van der Waals surface area contributed by atoms with Crippen LogP contribution < -0.4 is 15.8 Å². The highest BCUT2D eigenvalue weighted by Gasteiger charge is 2.15. The minimum Gasteiger partial charge on any atom is -0.495 e. The smallest absolute Gasteiger partial charge is 0.156 e. The summed E-state index contributed by atoms with van der Waals surface area (Å²) in [4.78, 5) is 0. The summed E-state index contributed by atoms with van der Waals surface area (Å²) in [6.45, 7) is 4.50. The predicted molar refractivity (Wildman–Crippen MR) is 131 cm³/mol. The SMILES string of the molecule is COc1ccc(CNc2nnc(CCC(C)(C)N)c3ccc(C#N)cc23)cc1Cl.Cl.Cl. The molecule has 3 aromatic rings. The van der Waals surface area contributed by atoms with E-state index in [1.54, 1.807) is 13.2 Å². The number of nitriles is 1. The Kier molecular flexibility index (Phi) is 9.79. The van der Waals surface area contributed by atoms with Crippen LogP contribution in [0.4, 0.5) is 5.82 Å². The molecule has 3 N–H and O–H groups in total. The number of halogens is 3. The number of rotatable bonds is 7. The summed E-state index contributed by atoms with van der Waals surface area (Å²) in [6.07, 6.45) is 1.50. The fraction of sp³-hybridized carbons (Fsp3) is 0.318. The lowest BCUT2D eigenvalue weighted by Crippen LogP contribution is -2.32. The highest BCUT2D eigenvalue weighted by molar-refractivity contribution is 6.32. The molecule has 1 aromatic heterocycles. The second kappa shape index (κ2) is 11.4. The summed E-state index contributed by atoms with van der Waals surface area (Å²) in [7, 11) is 1.58. The van der Waals surface area contributed by atoms with Gasteiger partial charge in [-0.3, -0.25) is 0 Å². The third-order valence-electron chi connectivity index (χ3n) is 4.67. The van der Waals surface area contributed by atoms with Gasteiger partial charge >= 0.3 is 0 Å². The number of fused-ring (bicyclic) bond motifs is 1. The Morgan fingerprint density at radius 3 is 2.48 bits per heavy atom. The summed E-state index contributed by atoms with van der Waals surface area (Å²) >= 11 is 6.21. The van der Waals surface area contributed by atoms with E-state index in [0.29, 0.717) is 35.1 Å². The molecular formula is C22H26Cl3N5O. The van der Waals surface area contributed by atoms with Gasteiger partial charge in [0.05, 0.1) is 29.5 Å². The average molecular weight is 483 g/mol. The van der Waals surface area contributed by atoms with Gasteiger partial charge in [0.2, 0.25) is 0 Å². The largest absolute Gasteiger partial charge is 0.495 e. The van der Waals surface area contributed by atoms with Gasteiger partial charge in [-0.25, -0.2) is 0 Å². The van der Waals surface area contributed by atoms with Crippen molar-refractivity contribution in [2.75, 3.05) is 12.4 Å². The molecule has 0 saturated heterocycles. The molecule has 0 atom stereocenters. The van der Waals surface area contributed by atoms with Crippen LogP contribution in [0.5, 0.6) is 5.75 Å². The van der Waals surface area contributed by atoms with Crippen molar-refractivity contribution in [3.63, 3.8) is 0 Å². The monoisotopic (exact) mass is 481 g/mol. The number of aryl methyl sites for hydroxylation is 1. The molecule has 0 aliphatic carbocycles. The van der Waals surface area contributed by atoms with Crippen molar-refractivity contribution in [2.45, 2.75) is 38.8 Å². The van der Waals surface area contributed by atoms with Gasteiger partial charge in [0.25, 0.3) is 0 Å². The molecule has 2 aromatic carbocycles. The molecular weight excluding hydrogens is 457 g/mol. The fourth-order valence-electron chi connectivity index (χ4n) is 3.04. The quantitative estimate of drug-likeness (QED) is 0.475. The van der Waals surface area contributed by atoms with E-state index >= 15 is 0 Å². The topological polar surface area (TPSA) is 96.8 Å². The molecule has 6 nitrogen and oxygen atoms in total. The number of ether oxygens (including phenoxy) is 1. The van der Waals surface area contributed by atoms with Crippen LogP contribution in [0.2, 0.25) is 5.02 Å². The van der Waals surface area contributed by atoms with Crippen molar-refractivity contribution < 1.29 is 4.74 Å². The molecule has 0 bridgehead atoms. The first-order chi connectivity index (χ1) is 13.8. The van der Waals surface area contributed by atoms with E-state index in [2.05, 4.69) is 21.6 Å². The Morgan fingerprint density at radius 1 is 1.13 bits per heavy atom. The molecule has 0 amide bonds. The molecule has 0 unspecified atom stereocenters. The van der Waals surface area contributed by atoms with Crippen molar-refractivity contribution in [2.24, 2.45) is 5.73 Å². The van der Waals surface area contributed by atoms with Crippen LogP contribution in [-0.2, 0) is 13.0 Å². The number of benzene rings is 2. The highest BCUT2D eigenvalue weighted by Crippen LogP contribution is 2.28. The maximum absolute atomic E-state index is 9.31. The molecule has 0 saturated carbocycles. The standard InChI is InChI=1S/C22H24ClN5O.2ClH/c1-22(2,25)9-8-19-16-6-4-14(12-24)10-17(16)21(28-27-19)26-13-15-5-7-20(29-3)18(23)11-15;;/h4-7,10-11H,8-9,13,25H2,1-3H3,(H,26,28);2*1H. The minimum absolute atomic E-state index is 0. The molecule has 0 spiro atoms. The summed E-state index contributed by atoms with van der Waals surface area (Å²) < 4.78 is 5.19. The zero-order chi connectivity index (χ0) is 21.0. The van der Waals surface area contributed by atoms with Crippen molar-refractivity contribution >= 4 is 53.0 Å². The highest BCUT2D eigenvalue weighted by atomic mass is 35.5. The molecule has 31 heavy (non-hydrogen) atoms. The first-order valence-electron chi connectivity index (χ1n) is 9.35. The van der Waals surface area contributed by atoms with E-state index < -0.39 is 0 Å². The Morgan fingerprint density at radius 2 is 1.87 bits per heavy atom. The molecule has 0 radical (unpaired) electrons. The van der Waals surface area contributed by atoms with Gasteiger partial charge in [0.1, 0.15) is 5.75 Å². The summed E-state index contributed by atoms with van der Waals surface area (Å²) in [5.41, 5.74) is 8.27. The second-order valence-corrected chi connectivity index (χ2v) is 8.09. The van der Waals surface area contributed by atoms with E-state index in [9.17, 15) is 5.26 Å². The van der Waals surface area contributed by atoms with Crippen molar-refractivity contribution in [1.29, 1.82) is 5.26 Å². The first kappa shape index (κ1) is 26.7. The van der Waals surface area contributed by atoms with Crippen molar-refractivity contribution in [3.05, 3.63) is 58.2 Å². The van der Waals surface area contributed by atoms with Gasteiger partial charge in [-0.15, -0.1) is 29.9 Å². The fourth-order valence-corrected chi connectivity index (χ4v) is 3.32. The van der Waals surface area contributed by atoms with Gasteiger partial charge in [-0.2, -0.15) is 10.4 Å². The van der Waals surface area contributed by atoms with Crippen molar-refractivity contribution in [3.8, 4) is 11.8 Å². The zero-order valence-electron chi connectivity index (χ0n) is 17.6. The van der Waals surface area contributed by atoms with E-state index in [1.165, 1.54) is 0 Å². The van der Waals surface area contributed by atoms with E-state index in [4.69, 9.17) is 22.1 Å². The number of nitrogens with two attached hydrogens (primary N) is 1. The first-order valence-corrected chi connectivity index (χ1v) is 9.73. The number of aromatic nitrogens is 2. The number of nitrogens with zero attached hydrogens (tertiary/aromatic N) is 3. The molecule has 3 rings (SSSR count). The molecule has 0 aliphatic rings. The second-order valence-electron chi connectivity index (χ2n) is 7.68. The van der Waals surface area contributed by atoms with Gasteiger partial charge < -0.3 is 15.8 Å². The molecule has 0 aliphatic heterocycles. The number of methoxy groups -OCH3 is 1. The van der Waals surface area contributed by atoms with Crippen LogP contribution >= 0.6 is 36.4 Å². The Bertz CT molecular complexity index is 1080. The van der Waals surface area contributed by atoms with Crippen molar-refractivity contribution in [1.82, 2.24) is 10.2 Å². The minimum atomic E-state index is -0.287. The maximum atomic E-state index is 9.31. The van der Waals surface area contributed by atoms with Crippen LogP contribution in [0.25, 0.3) is 10.8 Å². The lowest BCUT2D eigenvalue weighted by Gasteiger charge is -2.18. The predicted octanol–water partition coefficient (Wildman–Crippen LogP) is 5.29. The summed E-state index contributed by atoms with van der Waals surface area (Å²) in [6, 6.07) is 13.4. The molecule has 0 fully saturated rings. The van der Waals surface area contributed by atoms with Crippen LogP contribution in [0, 0.1) is 11.3 Å². The summed E-state index contributed by atoms with van der Waals surface area (Å²) in [5.74, 6) is 1.26. The zero-order valence-corrected chi connectivity index (χ0v) is 20.0. The average Bonchev–Trinajstić information content (AvgIpc) is 2.70. The maximum Gasteiger partial charge on any atom is 0.156 e. The van der Waals surface area contributed by atoms with Gasteiger partial charge in [-0.05, 0) is 56.5 Å². The lowest BCUT2D eigenvalue weighted by molar-refractivity contribution is 0.415. The molecule has 1 heterocycles. The summed E-state index contributed by atoms with van der Waals surface area (Å²) in [5, 5.41) is 23.8. The number of hydrogen-bond donors (Lipinski definition) is 2. The molecule has 9 heteroatoms.